The molecule has 0 N–H and O–H groups in total. The Morgan fingerprint density at radius 2 is 1.73 bits per heavy atom. The molecule has 4 heteroatoms. The molecule has 26 heavy (non-hydrogen) atoms. The van der Waals surface area contributed by atoms with Crippen molar-refractivity contribution in [3.63, 3.8) is 0 Å². The van der Waals surface area contributed by atoms with Crippen molar-refractivity contribution in [2.45, 2.75) is 33.4 Å². The van der Waals surface area contributed by atoms with Crippen LogP contribution in [0.2, 0.25) is 0 Å². The van der Waals surface area contributed by atoms with Gasteiger partial charge in [-0.1, -0.05) is 37.3 Å². The molecule has 0 aliphatic carbocycles. The van der Waals surface area contributed by atoms with Crippen molar-refractivity contribution in [3.05, 3.63) is 60.2 Å². The summed E-state index contributed by atoms with van der Waals surface area (Å²) in [5, 5.41) is 0. The molecule has 1 saturated heterocycles. The van der Waals surface area contributed by atoms with Crippen LogP contribution in [-0.4, -0.2) is 25.7 Å². The molecule has 1 fully saturated rings. The molecule has 138 valence electrons. The summed E-state index contributed by atoms with van der Waals surface area (Å²) in [7, 11) is 1.64. The highest BCUT2D eigenvalue weighted by atomic mass is 16.5. The van der Waals surface area contributed by atoms with Gasteiger partial charge in [-0.3, -0.25) is 4.79 Å². The standard InChI is InChI=1S/C22H27NO3/c1-16(14-26-15-17-8-6-5-7-9-17)20-22(2,3)21(24)23(20)18-10-12-19(25-4)13-11-18/h5-13,16,20H,14-15H2,1-4H3/t16-,20+/m0/s1. The molecule has 1 heterocycles. The van der Waals surface area contributed by atoms with Crippen LogP contribution in [0.3, 0.4) is 0 Å². The van der Waals surface area contributed by atoms with E-state index < -0.39 is 0 Å². The molecule has 1 aliphatic rings. The number of amides is 1. The van der Waals surface area contributed by atoms with Crippen molar-refractivity contribution in [1.82, 2.24) is 0 Å². The summed E-state index contributed by atoms with van der Waals surface area (Å²) >= 11 is 0. The summed E-state index contributed by atoms with van der Waals surface area (Å²) in [4.78, 5) is 14.6. The summed E-state index contributed by atoms with van der Waals surface area (Å²) in [6, 6.07) is 17.9. The minimum absolute atomic E-state index is 0.110. The summed E-state index contributed by atoms with van der Waals surface area (Å²) < 4.78 is 11.1. The lowest BCUT2D eigenvalue weighted by Crippen LogP contribution is -2.69. The predicted octanol–water partition coefficient (Wildman–Crippen LogP) is 4.29. The van der Waals surface area contributed by atoms with Crippen LogP contribution in [0, 0.1) is 11.3 Å². The smallest absolute Gasteiger partial charge is 0.235 e. The number of carbonyl (C=O) groups is 1. The highest BCUT2D eigenvalue weighted by Crippen LogP contribution is 2.45. The number of β-lactam (4-membered cyclic amide) rings is 1. The lowest BCUT2D eigenvalue weighted by Gasteiger charge is -2.55. The van der Waals surface area contributed by atoms with Crippen molar-refractivity contribution in [2.24, 2.45) is 11.3 Å². The molecular formula is C22H27NO3. The molecule has 0 spiro atoms. The number of ether oxygens (including phenoxy) is 2. The molecule has 0 bridgehead atoms. The Morgan fingerprint density at radius 3 is 2.35 bits per heavy atom. The lowest BCUT2D eigenvalue weighted by molar-refractivity contribution is -0.139. The SMILES string of the molecule is COc1ccc(N2C(=O)C(C)(C)[C@H]2[C@@H](C)COCc2ccccc2)cc1. The van der Waals surface area contributed by atoms with E-state index in [1.807, 2.05) is 61.2 Å². The third-order valence-electron chi connectivity index (χ3n) is 5.17. The van der Waals surface area contributed by atoms with Gasteiger partial charge in [0.15, 0.2) is 0 Å². The molecule has 3 rings (SSSR count). The molecule has 0 unspecified atom stereocenters. The van der Waals surface area contributed by atoms with Gasteiger partial charge < -0.3 is 14.4 Å². The fourth-order valence-electron chi connectivity index (χ4n) is 3.83. The van der Waals surface area contributed by atoms with E-state index in [1.165, 1.54) is 0 Å². The average Bonchev–Trinajstić information content (AvgIpc) is 2.66. The zero-order valence-corrected chi connectivity index (χ0v) is 15.9. The maximum absolute atomic E-state index is 12.7. The molecule has 0 aromatic heterocycles. The molecule has 1 aliphatic heterocycles. The largest absolute Gasteiger partial charge is 0.497 e. The first-order valence-electron chi connectivity index (χ1n) is 9.04. The van der Waals surface area contributed by atoms with E-state index in [2.05, 4.69) is 19.1 Å². The third-order valence-corrected chi connectivity index (χ3v) is 5.17. The monoisotopic (exact) mass is 353 g/mol. The number of nitrogens with zero attached hydrogens (tertiary/aromatic N) is 1. The number of benzene rings is 2. The van der Waals surface area contributed by atoms with Gasteiger partial charge in [0.25, 0.3) is 0 Å². The minimum atomic E-state index is -0.380. The van der Waals surface area contributed by atoms with Gasteiger partial charge >= 0.3 is 0 Å². The molecule has 2 aromatic rings. The van der Waals surface area contributed by atoms with Gasteiger partial charge in [-0.25, -0.2) is 0 Å². The maximum Gasteiger partial charge on any atom is 0.235 e. The van der Waals surface area contributed by atoms with Crippen LogP contribution in [0.1, 0.15) is 26.3 Å². The lowest BCUT2D eigenvalue weighted by atomic mass is 9.68. The highest BCUT2D eigenvalue weighted by molar-refractivity contribution is 6.05. The zero-order valence-electron chi connectivity index (χ0n) is 15.9. The Bertz CT molecular complexity index is 740. The van der Waals surface area contributed by atoms with E-state index in [9.17, 15) is 4.79 Å². The van der Waals surface area contributed by atoms with E-state index in [4.69, 9.17) is 9.47 Å². The van der Waals surface area contributed by atoms with Gasteiger partial charge in [0, 0.05) is 11.6 Å². The van der Waals surface area contributed by atoms with Gasteiger partial charge in [-0.2, -0.15) is 0 Å². The van der Waals surface area contributed by atoms with Crippen LogP contribution < -0.4 is 9.64 Å². The second-order valence-corrected chi connectivity index (χ2v) is 7.52. The van der Waals surface area contributed by atoms with Crippen molar-refractivity contribution in [1.29, 1.82) is 0 Å². The first-order valence-corrected chi connectivity index (χ1v) is 9.04. The molecule has 4 nitrogen and oxygen atoms in total. The van der Waals surface area contributed by atoms with Crippen molar-refractivity contribution < 1.29 is 14.3 Å². The highest BCUT2D eigenvalue weighted by Gasteiger charge is 2.56. The number of anilines is 1. The summed E-state index contributed by atoms with van der Waals surface area (Å²) in [5.41, 5.74) is 1.70. The number of methoxy groups -OCH3 is 1. The maximum atomic E-state index is 12.7. The van der Waals surface area contributed by atoms with E-state index in [-0.39, 0.29) is 23.3 Å². The Hall–Kier alpha value is -2.33. The van der Waals surface area contributed by atoms with E-state index in [1.54, 1.807) is 7.11 Å². The third kappa shape index (κ3) is 3.47. The first kappa shape index (κ1) is 18.5. The van der Waals surface area contributed by atoms with Crippen LogP contribution in [0.4, 0.5) is 5.69 Å². The fourth-order valence-corrected chi connectivity index (χ4v) is 3.83. The quantitative estimate of drug-likeness (QED) is 0.697. The van der Waals surface area contributed by atoms with Crippen molar-refractivity contribution >= 4 is 11.6 Å². The molecule has 2 aromatic carbocycles. The normalized spacial score (nSPS) is 19.8. The van der Waals surface area contributed by atoms with Crippen molar-refractivity contribution in [2.75, 3.05) is 18.6 Å². The average molecular weight is 353 g/mol. The number of hydrogen-bond acceptors (Lipinski definition) is 3. The predicted molar refractivity (Wildman–Crippen MR) is 103 cm³/mol. The number of carbonyl (C=O) groups excluding carboxylic acids is 1. The second kappa shape index (κ2) is 7.50. The van der Waals surface area contributed by atoms with Gasteiger partial charge in [0.1, 0.15) is 5.75 Å². The first-order chi connectivity index (χ1) is 12.4. The van der Waals surface area contributed by atoms with Crippen LogP contribution in [0.15, 0.2) is 54.6 Å². The van der Waals surface area contributed by atoms with Gasteiger partial charge in [0.2, 0.25) is 5.91 Å². The van der Waals surface area contributed by atoms with E-state index >= 15 is 0 Å². The Balaban J connectivity index is 1.67. The van der Waals surface area contributed by atoms with Crippen molar-refractivity contribution in [3.8, 4) is 5.75 Å². The fraction of sp³-hybridized carbons (Fsp3) is 0.409. The zero-order chi connectivity index (χ0) is 18.7. The molecule has 1 amide bonds. The van der Waals surface area contributed by atoms with Crippen LogP contribution in [0.5, 0.6) is 5.75 Å². The van der Waals surface area contributed by atoms with Gasteiger partial charge in [-0.15, -0.1) is 0 Å². The summed E-state index contributed by atoms with van der Waals surface area (Å²) in [6.07, 6.45) is 0. The topological polar surface area (TPSA) is 38.8 Å². The Kier molecular flexibility index (Phi) is 5.33. The second-order valence-electron chi connectivity index (χ2n) is 7.52. The number of rotatable bonds is 7. The summed E-state index contributed by atoms with van der Waals surface area (Å²) in [6.45, 7) is 7.40. The molecular weight excluding hydrogens is 326 g/mol. The van der Waals surface area contributed by atoms with Crippen LogP contribution >= 0.6 is 0 Å². The molecule has 0 saturated carbocycles. The molecule has 2 atom stereocenters. The molecule has 0 radical (unpaired) electrons. The van der Waals surface area contributed by atoms with Gasteiger partial charge in [-0.05, 0) is 43.7 Å². The van der Waals surface area contributed by atoms with E-state index in [0.29, 0.717) is 13.2 Å². The van der Waals surface area contributed by atoms with E-state index in [0.717, 1.165) is 17.0 Å². The van der Waals surface area contributed by atoms with Gasteiger partial charge in [0.05, 0.1) is 31.8 Å². The minimum Gasteiger partial charge on any atom is -0.497 e. The Morgan fingerprint density at radius 1 is 1.08 bits per heavy atom. The number of hydrogen-bond donors (Lipinski definition) is 0. The van der Waals surface area contributed by atoms with Crippen LogP contribution in [-0.2, 0) is 16.1 Å². The van der Waals surface area contributed by atoms with Crippen LogP contribution in [0.25, 0.3) is 0 Å². The Labute approximate surface area is 155 Å². The summed E-state index contributed by atoms with van der Waals surface area (Å²) in [5.74, 6) is 1.17.